The molecule has 0 amide bonds. The van der Waals surface area contributed by atoms with Crippen molar-refractivity contribution in [1.82, 2.24) is 0 Å². The van der Waals surface area contributed by atoms with Crippen LogP contribution in [0.3, 0.4) is 0 Å². The van der Waals surface area contributed by atoms with Crippen LogP contribution in [-0.4, -0.2) is 6.61 Å². The van der Waals surface area contributed by atoms with E-state index >= 15 is 0 Å². The van der Waals surface area contributed by atoms with E-state index < -0.39 is 0 Å². The van der Waals surface area contributed by atoms with Gasteiger partial charge in [-0.25, -0.2) is 0 Å². The third-order valence-electron chi connectivity index (χ3n) is 5.15. The molecular weight excluding hydrogens is 268 g/mol. The Hall–Kier alpha value is -2.54. The highest BCUT2D eigenvalue weighted by Gasteiger charge is 2.47. The first-order valence-corrected chi connectivity index (χ1v) is 7.83. The minimum Gasteiger partial charge on any atom is -0.493 e. The Kier molecular flexibility index (Phi) is 2.32. The number of rotatable bonds is 0. The van der Waals surface area contributed by atoms with Crippen LogP contribution < -0.4 is 4.74 Å². The standard InChI is InChI=1S/C21H16O/c1-3-9-17-15(7-1)16-8-2-4-10-18(16)21(17)13-14-22-20-12-6-5-11-19(20)21/h1-12H,13-14H2. The maximum atomic E-state index is 5.94. The van der Waals surface area contributed by atoms with Gasteiger partial charge in [-0.1, -0.05) is 66.7 Å². The Labute approximate surface area is 130 Å². The van der Waals surface area contributed by atoms with Crippen molar-refractivity contribution in [2.24, 2.45) is 0 Å². The van der Waals surface area contributed by atoms with Gasteiger partial charge in [-0.05, 0) is 34.7 Å². The predicted molar refractivity (Wildman–Crippen MR) is 88.3 cm³/mol. The number of para-hydroxylation sites is 1. The van der Waals surface area contributed by atoms with Crippen LogP contribution in [-0.2, 0) is 5.41 Å². The lowest BCUT2D eigenvalue weighted by molar-refractivity contribution is 0.254. The topological polar surface area (TPSA) is 9.23 Å². The van der Waals surface area contributed by atoms with Crippen LogP contribution in [0.15, 0.2) is 72.8 Å². The van der Waals surface area contributed by atoms with Crippen molar-refractivity contribution in [3.8, 4) is 16.9 Å². The Morgan fingerprint density at radius 1 is 0.636 bits per heavy atom. The molecule has 0 saturated carbocycles. The smallest absolute Gasteiger partial charge is 0.123 e. The van der Waals surface area contributed by atoms with E-state index in [1.54, 1.807) is 0 Å². The van der Waals surface area contributed by atoms with Crippen LogP contribution in [0, 0.1) is 0 Å². The number of hydrogen-bond acceptors (Lipinski definition) is 1. The van der Waals surface area contributed by atoms with Gasteiger partial charge in [0.25, 0.3) is 0 Å². The lowest BCUT2D eigenvalue weighted by Gasteiger charge is -2.37. The van der Waals surface area contributed by atoms with Gasteiger partial charge >= 0.3 is 0 Å². The zero-order valence-corrected chi connectivity index (χ0v) is 12.3. The van der Waals surface area contributed by atoms with E-state index in [2.05, 4.69) is 72.8 Å². The van der Waals surface area contributed by atoms with Crippen molar-refractivity contribution in [2.45, 2.75) is 11.8 Å². The Morgan fingerprint density at radius 3 is 1.86 bits per heavy atom. The molecule has 1 heteroatoms. The van der Waals surface area contributed by atoms with Gasteiger partial charge in [0.15, 0.2) is 0 Å². The average Bonchev–Trinajstić information content (AvgIpc) is 2.87. The monoisotopic (exact) mass is 284 g/mol. The Morgan fingerprint density at radius 2 is 1.18 bits per heavy atom. The third-order valence-corrected chi connectivity index (χ3v) is 5.15. The molecule has 0 atom stereocenters. The van der Waals surface area contributed by atoms with E-state index in [4.69, 9.17) is 4.74 Å². The lowest BCUT2D eigenvalue weighted by Crippen LogP contribution is -2.33. The molecule has 1 aliphatic carbocycles. The van der Waals surface area contributed by atoms with E-state index in [-0.39, 0.29) is 5.41 Å². The van der Waals surface area contributed by atoms with Crippen LogP contribution in [0.5, 0.6) is 5.75 Å². The fourth-order valence-electron chi connectivity index (χ4n) is 4.28. The number of ether oxygens (including phenoxy) is 1. The maximum absolute atomic E-state index is 5.94. The van der Waals surface area contributed by atoms with E-state index in [0.29, 0.717) is 0 Å². The summed E-state index contributed by atoms with van der Waals surface area (Å²) in [7, 11) is 0. The van der Waals surface area contributed by atoms with Gasteiger partial charge in [-0.3, -0.25) is 0 Å². The summed E-state index contributed by atoms with van der Waals surface area (Å²) in [6, 6.07) is 26.2. The molecule has 0 radical (unpaired) electrons. The molecule has 1 spiro atoms. The fourth-order valence-corrected chi connectivity index (χ4v) is 4.28. The van der Waals surface area contributed by atoms with Crippen molar-refractivity contribution in [3.05, 3.63) is 89.5 Å². The molecule has 106 valence electrons. The average molecular weight is 284 g/mol. The minimum atomic E-state index is -0.0535. The summed E-state index contributed by atoms with van der Waals surface area (Å²) in [6.07, 6.45) is 0.998. The quantitative estimate of drug-likeness (QED) is 0.577. The fraction of sp³-hybridized carbons (Fsp3) is 0.143. The van der Waals surface area contributed by atoms with Crippen LogP contribution in [0.2, 0.25) is 0 Å². The normalized spacial score (nSPS) is 16.5. The molecule has 0 N–H and O–H groups in total. The second-order valence-corrected chi connectivity index (χ2v) is 6.09. The SMILES string of the molecule is c1ccc2c(c1)OCCC21c2ccccc2-c2ccccc21. The number of hydrogen-bond donors (Lipinski definition) is 0. The largest absolute Gasteiger partial charge is 0.493 e. The summed E-state index contributed by atoms with van der Waals surface area (Å²) in [5.74, 6) is 1.03. The molecule has 1 nitrogen and oxygen atoms in total. The van der Waals surface area contributed by atoms with Gasteiger partial charge < -0.3 is 4.74 Å². The molecular formula is C21H16O. The van der Waals surface area contributed by atoms with Gasteiger partial charge in [0.2, 0.25) is 0 Å². The van der Waals surface area contributed by atoms with Crippen molar-refractivity contribution in [1.29, 1.82) is 0 Å². The highest BCUT2D eigenvalue weighted by atomic mass is 16.5. The molecule has 0 aromatic heterocycles. The molecule has 22 heavy (non-hydrogen) atoms. The number of fused-ring (bicyclic) bond motifs is 7. The molecule has 3 aromatic carbocycles. The van der Waals surface area contributed by atoms with Gasteiger partial charge in [0.1, 0.15) is 5.75 Å². The molecule has 0 bridgehead atoms. The Bertz CT molecular complexity index is 833. The first-order valence-electron chi connectivity index (χ1n) is 7.83. The summed E-state index contributed by atoms with van der Waals surface area (Å²) in [6.45, 7) is 0.764. The molecule has 1 aliphatic heterocycles. The molecule has 1 heterocycles. The minimum absolute atomic E-state index is 0.0535. The zero-order chi connectivity index (χ0) is 14.6. The van der Waals surface area contributed by atoms with E-state index in [1.165, 1.54) is 27.8 Å². The highest BCUT2D eigenvalue weighted by molar-refractivity contribution is 5.84. The Balaban J connectivity index is 1.93. The summed E-state index contributed by atoms with van der Waals surface area (Å²) < 4.78 is 5.94. The van der Waals surface area contributed by atoms with Crippen LogP contribution in [0.25, 0.3) is 11.1 Å². The summed E-state index contributed by atoms with van der Waals surface area (Å²) in [5, 5.41) is 0. The third kappa shape index (κ3) is 1.34. The second kappa shape index (κ2) is 4.23. The zero-order valence-electron chi connectivity index (χ0n) is 12.3. The van der Waals surface area contributed by atoms with Gasteiger partial charge in [0.05, 0.1) is 12.0 Å². The number of benzene rings is 3. The molecule has 3 aromatic rings. The summed E-state index contributed by atoms with van der Waals surface area (Å²) in [5.41, 5.74) is 6.84. The second-order valence-electron chi connectivity index (χ2n) is 6.09. The highest BCUT2D eigenvalue weighted by Crippen LogP contribution is 2.57. The summed E-state index contributed by atoms with van der Waals surface area (Å²) >= 11 is 0. The van der Waals surface area contributed by atoms with Gasteiger partial charge in [-0.15, -0.1) is 0 Å². The van der Waals surface area contributed by atoms with Crippen molar-refractivity contribution in [2.75, 3.05) is 6.61 Å². The predicted octanol–water partition coefficient (Wildman–Crippen LogP) is 4.78. The van der Waals surface area contributed by atoms with Crippen molar-refractivity contribution in [3.63, 3.8) is 0 Å². The molecule has 0 unspecified atom stereocenters. The molecule has 0 saturated heterocycles. The van der Waals surface area contributed by atoms with Gasteiger partial charge in [0, 0.05) is 5.56 Å². The van der Waals surface area contributed by atoms with E-state index in [0.717, 1.165) is 18.8 Å². The van der Waals surface area contributed by atoms with Crippen LogP contribution in [0.1, 0.15) is 23.1 Å². The molecule has 0 fully saturated rings. The molecule has 5 rings (SSSR count). The van der Waals surface area contributed by atoms with E-state index in [9.17, 15) is 0 Å². The summed E-state index contributed by atoms with van der Waals surface area (Å²) in [4.78, 5) is 0. The van der Waals surface area contributed by atoms with Crippen LogP contribution in [0.4, 0.5) is 0 Å². The van der Waals surface area contributed by atoms with Crippen molar-refractivity contribution >= 4 is 0 Å². The van der Waals surface area contributed by atoms with Crippen LogP contribution >= 0.6 is 0 Å². The maximum Gasteiger partial charge on any atom is 0.123 e. The van der Waals surface area contributed by atoms with Gasteiger partial charge in [-0.2, -0.15) is 0 Å². The molecule has 2 aliphatic rings. The lowest BCUT2D eigenvalue weighted by atomic mass is 9.69. The first kappa shape index (κ1) is 12.0. The van der Waals surface area contributed by atoms with E-state index in [1.807, 2.05) is 0 Å². The first-order chi connectivity index (χ1) is 10.9. The van der Waals surface area contributed by atoms with Crippen molar-refractivity contribution < 1.29 is 4.74 Å².